The Bertz CT molecular complexity index is 129. The predicted molar refractivity (Wildman–Crippen MR) is 61.9 cm³/mol. The Balaban J connectivity index is 3.89. The van der Waals surface area contributed by atoms with Crippen molar-refractivity contribution in [1.82, 2.24) is 0 Å². The monoisotopic (exact) mass is 218 g/mol. The highest BCUT2D eigenvalue weighted by Gasteiger charge is 2.22. The van der Waals surface area contributed by atoms with Gasteiger partial charge in [-0.25, -0.2) is 0 Å². The quantitative estimate of drug-likeness (QED) is 0.551. The molecule has 0 spiro atoms. The minimum atomic E-state index is 0.254. The summed E-state index contributed by atoms with van der Waals surface area (Å²) >= 11 is 0. The highest BCUT2D eigenvalue weighted by Crippen LogP contribution is 2.34. The fourth-order valence-corrected chi connectivity index (χ4v) is 2.03. The largest absolute Gasteiger partial charge is 0.396 e. The molecule has 3 nitrogen and oxygen atoms in total. The zero-order valence-electron chi connectivity index (χ0n) is 10.2. The highest BCUT2D eigenvalue weighted by molar-refractivity contribution is 4.74. The lowest BCUT2D eigenvalue weighted by atomic mass is 9.77. The van der Waals surface area contributed by atoms with E-state index in [2.05, 4.69) is 6.92 Å². The van der Waals surface area contributed by atoms with Crippen LogP contribution in [0.5, 0.6) is 0 Å². The maximum Gasteiger partial charge on any atom is 0.0462 e. The second-order valence-corrected chi connectivity index (χ2v) is 4.56. The van der Waals surface area contributed by atoms with Gasteiger partial charge in [0.2, 0.25) is 0 Å². The minimum Gasteiger partial charge on any atom is -0.396 e. The van der Waals surface area contributed by atoms with Crippen LogP contribution in [0, 0.1) is 5.41 Å². The second-order valence-electron chi connectivity index (χ2n) is 4.56. The molecule has 0 bridgehead atoms. The lowest BCUT2D eigenvalue weighted by Crippen LogP contribution is -2.18. The number of hydrogen-bond acceptors (Lipinski definition) is 3. The third kappa shape index (κ3) is 7.77. The van der Waals surface area contributed by atoms with E-state index in [1.807, 2.05) is 0 Å². The van der Waals surface area contributed by atoms with Gasteiger partial charge < -0.3 is 14.9 Å². The van der Waals surface area contributed by atoms with Gasteiger partial charge in [0, 0.05) is 26.9 Å². The summed E-state index contributed by atoms with van der Waals surface area (Å²) in [6, 6.07) is 0. The van der Waals surface area contributed by atoms with E-state index in [9.17, 15) is 0 Å². The van der Waals surface area contributed by atoms with Gasteiger partial charge in [0.25, 0.3) is 0 Å². The molecule has 0 atom stereocenters. The molecule has 0 unspecified atom stereocenters. The van der Waals surface area contributed by atoms with E-state index in [4.69, 9.17) is 14.9 Å². The van der Waals surface area contributed by atoms with E-state index in [0.29, 0.717) is 0 Å². The molecule has 0 radical (unpaired) electrons. The topological polar surface area (TPSA) is 49.7 Å². The highest BCUT2D eigenvalue weighted by atomic mass is 16.5. The SMILES string of the molecule is COCCCC(C)(CCCO)CCCO. The number of aliphatic hydroxyl groups is 2. The summed E-state index contributed by atoms with van der Waals surface area (Å²) in [5, 5.41) is 17.7. The molecule has 0 aromatic rings. The van der Waals surface area contributed by atoms with E-state index in [1.165, 1.54) is 0 Å². The van der Waals surface area contributed by atoms with Crippen molar-refractivity contribution in [3.8, 4) is 0 Å². The van der Waals surface area contributed by atoms with Crippen LogP contribution in [0.1, 0.15) is 45.4 Å². The van der Waals surface area contributed by atoms with Crippen LogP contribution < -0.4 is 0 Å². The van der Waals surface area contributed by atoms with Gasteiger partial charge >= 0.3 is 0 Å². The second kappa shape index (κ2) is 9.13. The number of methoxy groups -OCH3 is 1. The summed E-state index contributed by atoms with van der Waals surface area (Å²) in [4.78, 5) is 0. The fraction of sp³-hybridized carbons (Fsp3) is 1.00. The Labute approximate surface area is 93.5 Å². The zero-order chi connectivity index (χ0) is 11.6. The van der Waals surface area contributed by atoms with Gasteiger partial charge in [0.15, 0.2) is 0 Å². The van der Waals surface area contributed by atoms with Crippen molar-refractivity contribution in [2.45, 2.75) is 45.4 Å². The van der Waals surface area contributed by atoms with Crippen LogP contribution >= 0.6 is 0 Å². The van der Waals surface area contributed by atoms with Crippen LogP contribution in [-0.2, 0) is 4.74 Å². The third-order valence-corrected chi connectivity index (χ3v) is 3.01. The first-order chi connectivity index (χ1) is 7.18. The van der Waals surface area contributed by atoms with Crippen molar-refractivity contribution in [2.24, 2.45) is 5.41 Å². The van der Waals surface area contributed by atoms with Gasteiger partial charge in [-0.05, 0) is 43.9 Å². The Morgan fingerprint density at radius 2 is 1.40 bits per heavy atom. The molecule has 0 heterocycles. The zero-order valence-corrected chi connectivity index (χ0v) is 10.2. The lowest BCUT2D eigenvalue weighted by molar-refractivity contribution is 0.145. The molecule has 0 amide bonds. The Morgan fingerprint density at radius 1 is 0.933 bits per heavy atom. The molecule has 0 rings (SSSR count). The minimum absolute atomic E-state index is 0.254. The van der Waals surface area contributed by atoms with E-state index >= 15 is 0 Å². The van der Waals surface area contributed by atoms with Crippen molar-refractivity contribution in [3.05, 3.63) is 0 Å². The number of hydrogen-bond donors (Lipinski definition) is 2. The van der Waals surface area contributed by atoms with Gasteiger partial charge in [-0.1, -0.05) is 6.92 Å². The molecule has 0 aliphatic carbocycles. The summed E-state index contributed by atoms with van der Waals surface area (Å²) in [6.07, 6.45) is 5.95. The van der Waals surface area contributed by atoms with E-state index in [-0.39, 0.29) is 18.6 Å². The molecule has 92 valence electrons. The molecular weight excluding hydrogens is 192 g/mol. The van der Waals surface area contributed by atoms with Gasteiger partial charge in [-0.2, -0.15) is 0 Å². The van der Waals surface area contributed by atoms with E-state index in [1.54, 1.807) is 7.11 Å². The first kappa shape index (κ1) is 14.9. The molecule has 0 aliphatic heterocycles. The first-order valence-corrected chi connectivity index (χ1v) is 5.89. The molecule has 3 heteroatoms. The number of ether oxygens (including phenoxy) is 1. The molecular formula is C12H26O3. The maximum absolute atomic E-state index is 8.85. The molecule has 0 aromatic heterocycles. The molecule has 15 heavy (non-hydrogen) atoms. The maximum atomic E-state index is 8.85. The van der Waals surface area contributed by atoms with Gasteiger partial charge in [-0.3, -0.25) is 0 Å². The summed E-state index contributed by atoms with van der Waals surface area (Å²) < 4.78 is 5.05. The van der Waals surface area contributed by atoms with Crippen LogP contribution in [-0.4, -0.2) is 37.1 Å². The van der Waals surface area contributed by atoms with Crippen molar-refractivity contribution in [1.29, 1.82) is 0 Å². The van der Waals surface area contributed by atoms with Crippen molar-refractivity contribution in [2.75, 3.05) is 26.9 Å². The molecule has 0 aromatic carbocycles. The van der Waals surface area contributed by atoms with Crippen LogP contribution in [0.4, 0.5) is 0 Å². The van der Waals surface area contributed by atoms with Gasteiger partial charge in [-0.15, -0.1) is 0 Å². The van der Waals surface area contributed by atoms with Crippen LogP contribution in [0.2, 0.25) is 0 Å². The predicted octanol–water partition coefficient (Wildman–Crippen LogP) is 1.96. The molecule has 0 saturated heterocycles. The van der Waals surface area contributed by atoms with E-state index < -0.39 is 0 Å². The van der Waals surface area contributed by atoms with Crippen LogP contribution in [0.3, 0.4) is 0 Å². The van der Waals surface area contributed by atoms with Crippen LogP contribution in [0.25, 0.3) is 0 Å². The summed E-state index contributed by atoms with van der Waals surface area (Å²) in [6.45, 7) is 3.57. The molecule has 0 fully saturated rings. The summed E-state index contributed by atoms with van der Waals surface area (Å²) in [5.74, 6) is 0. The molecule has 2 N–H and O–H groups in total. The summed E-state index contributed by atoms with van der Waals surface area (Å²) in [5.41, 5.74) is 0.254. The average molecular weight is 218 g/mol. The van der Waals surface area contributed by atoms with Gasteiger partial charge in [0.1, 0.15) is 0 Å². The standard InChI is InChI=1S/C12H26O3/c1-12(6-3-9-13,7-4-10-14)8-5-11-15-2/h13-14H,3-11H2,1-2H3. The fourth-order valence-electron chi connectivity index (χ4n) is 2.03. The molecule has 0 aliphatic rings. The first-order valence-electron chi connectivity index (χ1n) is 5.89. The Morgan fingerprint density at radius 3 is 1.80 bits per heavy atom. The molecule has 0 saturated carbocycles. The lowest BCUT2D eigenvalue weighted by Gasteiger charge is -2.29. The van der Waals surface area contributed by atoms with Crippen molar-refractivity contribution >= 4 is 0 Å². The van der Waals surface area contributed by atoms with Crippen LogP contribution in [0.15, 0.2) is 0 Å². The Hall–Kier alpha value is -0.120. The number of aliphatic hydroxyl groups excluding tert-OH is 2. The number of rotatable bonds is 10. The smallest absolute Gasteiger partial charge is 0.0462 e. The van der Waals surface area contributed by atoms with Crippen molar-refractivity contribution in [3.63, 3.8) is 0 Å². The van der Waals surface area contributed by atoms with E-state index in [0.717, 1.165) is 45.1 Å². The Kier molecular flexibility index (Phi) is 9.06. The average Bonchev–Trinajstić information content (AvgIpc) is 2.24. The van der Waals surface area contributed by atoms with Crippen molar-refractivity contribution < 1.29 is 14.9 Å². The third-order valence-electron chi connectivity index (χ3n) is 3.01. The van der Waals surface area contributed by atoms with Gasteiger partial charge in [0.05, 0.1) is 0 Å². The normalized spacial score (nSPS) is 12.0. The summed E-state index contributed by atoms with van der Waals surface area (Å²) in [7, 11) is 1.72.